The predicted molar refractivity (Wildman–Crippen MR) is 79.2 cm³/mol. The molecule has 0 spiro atoms. The zero-order valence-corrected chi connectivity index (χ0v) is 12.4. The van der Waals surface area contributed by atoms with Crippen molar-refractivity contribution in [1.82, 2.24) is 5.32 Å². The lowest BCUT2D eigenvalue weighted by Crippen LogP contribution is -2.25. The summed E-state index contributed by atoms with van der Waals surface area (Å²) in [4.78, 5) is 0. The fourth-order valence-electron chi connectivity index (χ4n) is 2.36. The van der Waals surface area contributed by atoms with E-state index in [4.69, 9.17) is 14.2 Å². The van der Waals surface area contributed by atoms with Crippen molar-refractivity contribution < 1.29 is 14.2 Å². The Morgan fingerprint density at radius 3 is 3.05 bits per heavy atom. The molecule has 2 rings (SSSR count). The molecule has 20 heavy (non-hydrogen) atoms. The lowest BCUT2D eigenvalue weighted by Gasteiger charge is -2.21. The Morgan fingerprint density at radius 1 is 1.45 bits per heavy atom. The van der Waals surface area contributed by atoms with Gasteiger partial charge >= 0.3 is 0 Å². The van der Waals surface area contributed by atoms with Crippen LogP contribution in [0.5, 0.6) is 5.75 Å². The zero-order chi connectivity index (χ0) is 14.2. The second-order valence-electron chi connectivity index (χ2n) is 5.14. The zero-order valence-electron chi connectivity index (χ0n) is 12.4. The average molecular weight is 279 g/mol. The monoisotopic (exact) mass is 279 g/mol. The topological polar surface area (TPSA) is 39.7 Å². The molecular formula is C16H25NO3. The molecular weight excluding hydrogens is 254 g/mol. The second kappa shape index (κ2) is 8.25. The Labute approximate surface area is 121 Å². The first-order chi connectivity index (χ1) is 9.83. The van der Waals surface area contributed by atoms with Gasteiger partial charge in [0.15, 0.2) is 0 Å². The molecule has 0 bridgehead atoms. The molecule has 1 aromatic carbocycles. The van der Waals surface area contributed by atoms with Gasteiger partial charge in [-0.15, -0.1) is 0 Å². The number of nitrogens with one attached hydrogen (secondary N) is 1. The van der Waals surface area contributed by atoms with Crippen molar-refractivity contribution in [2.75, 3.05) is 40.0 Å². The summed E-state index contributed by atoms with van der Waals surface area (Å²) in [5.74, 6) is 1.40. The van der Waals surface area contributed by atoms with Crippen molar-refractivity contribution in [3.63, 3.8) is 0 Å². The largest absolute Gasteiger partial charge is 0.497 e. The summed E-state index contributed by atoms with van der Waals surface area (Å²) < 4.78 is 16.8. The molecule has 0 amide bonds. The number of methoxy groups -OCH3 is 1. The van der Waals surface area contributed by atoms with Crippen molar-refractivity contribution in [1.29, 1.82) is 0 Å². The fraction of sp³-hybridized carbons (Fsp3) is 0.625. The highest BCUT2D eigenvalue weighted by Gasteiger charge is 2.19. The second-order valence-corrected chi connectivity index (χ2v) is 5.14. The van der Waals surface area contributed by atoms with Crippen molar-refractivity contribution in [2.24, 2.45) is 5.92 Å². The van der Waals surface area contributed by atoms with Gasteiger partial charge in [-0.05, 0) is 30.7 Å². The summed E-state index contributed by atoms with van der Waals surface area (Å²) in [6, 6.07) is 8.11. The van der Waals surface area contributed by atoms with Crippen LogP contribution >= 0.6 is 0 Å². The van der Waals surface area contributed by atoms with Gasteiger partial charge in [-0.1, -0.05) is 19.1 Å². The minimum absolute atomic E-state index is 0.0608. The number of rotatable bonds is 8. The van der Waals surface area contributed by atoms with Gasteiger partial charge in [-0.3, -0.25) is 0 Å². The molecule has 4 nitrogen and oxygen atoms in total. The molecule has 1 saturated heterocycles. The SMILES string of the molecule is CCNCC(OCC1CCOC1)c1cccc(OC)c1. The Balaban J connectivity index is 1.97. The van der Waals surface area contributed by atoms with Gasteiger partial charge in [0.2, 0.25) is 0 Å². The third-order valence-electron chi connectivity index (χ3n) is 3.60. The van der Waals surface area contributed by atoms with E-state index < -0.39 is 0 Å². The van der Waals surface area contributed by atoms with E-state index in [9.17, 15) is 0 Å². The van der Waals surface area contributed by atoms with E-state index >= 15 is 0 Å². The molecule has 1 aromatic rings. The van der Waals surface area contributed by atoms with Crippen LogP contribution < -0.4 is 10.1 Å². The molecule has 0 radical (unpaired) electrons. The first kappa shape index (κ1) is 15.3. The van der Waals surface area contributed by atoms with Gasteiger partial charge in [-0.25, -0.2) is 0 Å². The van der Waals surface area contributed by atoms with Crippen LogP contribution in [0.4, 0.5) is 0 Å². The molecule has 1 aliphatic rings. The summed E-state index contributed by atoms with van der Waals surface area (Å²) in [6.45, 7) is 6.31. The Hall–Kier alpha value is -1.10. The molecule has 112 valence electrons. The van der Waals surface area contributed by atoms with E-state index in [1.54, 1.807) is 7.11 Å². The number of likely N-dealkylation sites (N-methyl/N-ethyl adjacent to an activating group) is 1. The maximum atomic E-state index is 6.12. The van der Waals surface area contributed by atoms with Crippen LogP contribution in [0.3, 0.4) is 0 Å². The number of hydrogen-bond acceptors (Lipinski definition) is 4. The molecule has 1 fully saturated rings. The van der Waals surface area contributed by atoms with Gasteiger partial charge in [0.05, 0.1) is 26.4 Å². The summed E-state index contributed by atoms with van der Waals surface area (Å²) in [5.41, 5.74) is 1.16. The first-order valence-electron chi connectivity index (χ1n) is 7.37. The normalized spacial score (nSPS) is 20.0. The summed E-state index contributed by atoms with van der Waals surface area (Å²) in [6.07, 6.45) is 1.16. The van der Waals surface area contributed by atoms with E-state index in [1.807, 2.05) is 18.2 Å². The lowest BCUT2D eigenvalue weighted by atomic mass is 10.1. The van der Waals surface area contributed by atoms with Crippen LogP contribution in [0.1, 0.15) is 25.0 Å². The first-order valence-corrected chi connectivity index (χ1v) is 7.37. The average Bonchev–Trinajstić information content (AvgIpc) is 3.01. The van der Waals surface area contributed by atoms with E-state index in [0.29, 0.717) is 5.92 Å². The highest BCUT2D eigenvalue weighted by Crippen LogP contribution is 2.23. The smallest absolute Gasteiger partial charge is 0.119 e. The van der Waals surface area contributed by atoms with E-state index in [0.717, 1.165) is 50.6 Å². The standard InChI is InChI=1S/C16H25NO3/c1-3-17-10-16(20-12-13-7-8-19-11-13)14-5-4-6-15(9-14)18-2/h4-6,9,13,16-17H,3,7-8,10-12H2,1-2H3. The molecule has 4 heteroatoms. The summed E-state index contributed by atoms with van der Waals surface area (Å²) in [7, 11) is 1.69. The lowest BCUT2D eigenvalue weighted by molar-refractivity contribution is 0.0255. The highest BCUT2D eigenvalue weighted by atomic mass is 16.5. The van der Waals surface area contributed by atoms with Crippen LogP contribution in [-0.2, 0) is 9.47 Å². The minimum atomic E-state index is 0.0608. The molecule has 2 atom stereocenters. The quantitative estimate of drug-likeness (QED) is 0.793. The van der Waals surface area contributed by atoms with Gasteiger partial charge in [-0.2, -0.15) is 0 Å². The van der Waals surface area contributed by atoms with Crippen molar-refractivity contribution in [2.45, 2.75) is 19.4 Å². The Morgan fingerprint density at radius 2 is 2.35 bits per heavy atom. The van der Waals surface area contributed by atoms with E-state index in [2.05, 4.69) is 18.3 Å². The molecule has 2 unspecified atom stereocenters. The molecule has 1 aliphatic heterocycles. The molecule has 0 aromatic heterocycles. The van der Waals surface area contributed by atoms with Gasteiger partial charge in [0.1, 0.15) is 5.75 Å². The molecule has 0 aliphatic carbocycles. The molecule has 1 N–H and O–H groups in total. The van der Waals surface area contributed by atoms with Crippen LogP contribution in [0, 0.1) is 5.92 Å². The predicted octanol–water partition coefficient (Wildman–Crippen LogP) is 2.40. The fourth-order valence-corrected chi connectivity index (χ4v) is 2.36. The van der Waals surface area contributed by atoms with Crippen LogP contribution in [0.25, 0.3) is 0 Å². The van der Waals surface area contributed by atoms with Crippen LogP contribution in [0.15, 0.2) is 24.3 Å². The number of benzene rings is 1. The van der Waals surface area contributed by atoms with Gasteiger partial charge in [0, 0.05) is 19.1 Å². The summed E-state index contributed by atoms with van der Waals surface area (Å²) in [5, 5.41) is 3.36. The third kappa shape index (κ3) is 4.47. The van der Waals surface area contributed by atoms with Crippen molar-refractivity contribution in [3.8, 4) is 5.75 Å². The summed E-state index contributed by atoms with van der Waals surface area (Å²) >= 11 is 0. The van der Waals surface area contributed by atoms with E-state index in [-0.39, 0.29) is 6.10 Å². The highest BCUT2D eigenvalue weighted by molar-refractivity contribution is 5.30. The number of hydrogen-bond donors (Lipinski definition) is 1. The van der Waals surface area contributed by atoms with Crippen LogP contribution in [-0.4, -0.2) is 40.0 Å². The minimum Gasteiger partial charge on any atom is -0.497 e. The molecule has 1 heterocycles. The maximum absolute atomic E-state index is 6.12. The number of ether oxygens (including phenoxy) is 3. The van der Waals surface area contributed by atoms with Crippen molar-refractivity contribution in [3.05, 3.63) is 29.8 Å². The van der Waals surface area contributed by atoms with Gasteiger partial charge in [0.25, 0.3) is 0 Å². The Bertz CT molecular complexity index is 391. The Kier molecular flexibility index (Phi) is 6.30. The van der Waals surface area contributed by atoms with Crippen LogP contribution in [0.2, 0.25) is 0 Å². The van der Waals surface area contributed by atoms with Gasteiger partial charge < -0.3 is 19.5 Å². The van der Waals surface area contributed by atoms with Crippen molar-refractivity contribution >= 4 is 0 Å². The third-order valence-corrected chi connectivity index (χ3v) is 3.60. The molecule has 0 saturated carbocycles. The maximum Gasteiger partial charge on any atom is 0.119 e. The van der Waals surface area contributed by atoms with E-state index in [1.165, 1.54) is 0 Å².